The fourth-order valence-electron chi connectivity index (χ4n) is 5.17. The van der Waals surface area contributed by atoms with Gasteiger partial charge in [0.15, 0.2) is 0 Å². The van der Waals surface area contributed by atoms with E-state index in [1.54, 1.807) is 35.2 Å². The number of halogens is 2. The van der Waals surface area contributed by atoms with Crippen LogP contribution in [-0.4, -0.2) is 63.1 Å². The van der Waals surface area contributed by atoms with Gasteiger partial charge in [-0.2, -0.15) is 8.42 Å². The number of nitrogens with zero attached hydrogens (tertiary/aromatic N) is 3. The Labute approximate surface area is 226 Å². The van der Waals surface area contributed by atoms with Crippen molar-refractivity contribution in [3.8, 4) is 11.2 Å². The Morgan fingerprint density at radius 2 is 1.69 bits per heavy atom. The molecule has 0 bridgehead atoms. The van der Waals surface area contributed by atoms with Crippen molar-refractivity contribution in [2.24, 2.45) is 5.41 Å². The van der Waals surface area contributed by atoms with Crippen LogP contribution >= 0.6 is 0 Å². The molecule has 208 valence electrons. The van der Waals surface area contributed by atoms with Gasteiger partial charge in [0.1, 0.15) is 18.2 Å². The first-order chi connectivity index (χ1) is 18.6. The van der Waals surface area contributed by atoms with E-state index in [1.807, 2.05) is 5.25 Å². The van der Waals surface area contributed by atoms with Crippen LogP contribution in [0.4, 0.5) is 31.8 Å². The molecule has 3 aliphatic rings. The van der Waals surface area contributed by atoms with Crippen LogP contribution in [0.2, 0.25) is 0 Å². The molecule has 0 atom stereocenters. The van der Waals surface area contributed by atoms with Crippen molar-refractivity contribution < 1.29 is 27.1 Å². The van der Waals surface area contributed by atoms with Crippen LogP contribution in [0.5, 0.6) is 0 Å². The number of carbonyl (C=O) groups excluding carboxylic acids is 1. The highest BCUT2D eigenvalue weighted by molar-refractivity contribution is 7.97. The van der Waals surface area contributed by atoms with E-state index < -0.39 is 28.5 Å². The Balaban J connectivity index is 1.37. The van der Waals surface area contributed by atoms with Crippen molar-refractivity contribution in [1.82, 2.24) is 4.98 Å². The average molecular weight is 560 g/mol. The topological polar surface area (TPSA) is 115 Å². The smallest absolute Gasteiger partial charge is 0.302 e. The Bertz CT molecular complexity index is 1400. The molecule has 0 unspecified atom stereocenters. The van der Waals surface area contributed by atoms with Crippen molar-refractivity contribution >= 4 is 38.9 Å². The van der Waals surface area contributed by atoms with Crippen LogP contribution in [0, 0.1) is 16.6 Å². The summed E-state index contributed by atoms with van der Waals surface area (Å²) >= 11 is 0. The molecule has 3 fully saturated rings. The molecule has 39 heavy (non-hydrogen) atoms. The van der Waals surface area contributed by atoms with E-state index >= 15 is 0 Å². The molecule has 2 aliphatic heterocycles. The van der Waals surface area contributed by atoms with Crippen molar-refractivity contribution in [3.05, 3.63) is 42.0 Å². The lowest BCUT2D eigenvalue weighted by Crippen LogP contribution is -2.39. The number of hydrogen-bond acceptors (Lipinski definition) is 7. The SMILES string of the molecule is O=C(Nc1cccc(N2CCC(F)(F)CC2)n1)c1ccc(NS(=O)(=O)C#CCO)cc1N1CCC2(CC1)CC2. The lowest BCUT2D eigenvalue weighted by Gasteiger charge is -2.35. The summed E-state index contributed by atoms with van der Waals surface area (Å²) in [5, 5.41) is 13.6. The number of rotatable bonds is 6. The van der Waals surface area contributed by atoms with E-state index in [1.165, 1.54) is 18.9 Å². The maximum absolute atomic E-state index is 13.6. The summed E-state index contributed by atoms with van der Waals surface area (Å²) in [6, 6.07) is 9.75. The maximum atomic E-state index is 13.6. The molecule has 5 rings (SSSR count). The first-order valence-electron chi connectivity index (χ1n) is 13.0. The number of aromatic nitrogens is 1. The Hall–Kier alpha value is -3.43. The minimum Gasteiger partial charge on any atom is -0.384 e. The van der Waals surface area contributed by atoms with Crippen LogP contribution in [0.15, 0.2) is 36.4 Å². The second-order valence-corrected chi connectivity index (χ2v) is 11.9. The summed E-state index contributed by atoms with van der Waals surface area (Å²) < 4.78 is 54.1. The van der Waals surface area contributed by atoms with Gasteiger partial charge in [-0.15, -0.1) is 0 Å². The minimum atomic E-state index is -4.01. The predicted octanol–water partition coefficient (Wildman–Crippen LogP) is 3.64. The molecule has 0 radical (unpaired) electrons. The van der Waals surface area contributed by atoms with Crippen molar-refractivity contribution in [2.75, 3.05) is 52.6 Å². The standard InChI is InChI=1S/C27H31F2N5O4S/c28-27(29)11-15-34(16-12-27)24-4-1-3-23(30-24)31-25(36)21-6-5-20(32-39(37,38)18-2-17-35)19-22(21)33-13-9-26(7-8-26)10-14-33/h1,3-6,19,32,35H,7-17H2,(H,30,31,36). The van der Waals surface area contributed by atoms with Crippen molar-refractivity contribution in [3.63, 3.8) is 0 Å². The molecule has 3 N–H and O–H groups in total. The zero-order chi connectivity index (χ0) is 27.7. The number of piperidine rings is 2. The van der Waals surface area contributed by atoms with Gasteiger partial charge in [0.05, 0.1) is 22.2 Å². The first kappa shape index (κ1) is 27.1. The van der Waals surface area contributed by atoms with Crippen LogP contribution in [0.3, 0.4) is 0 Å². The van der Waals surface area contributed by atoms with Crippen LogP contribution in [-0.2, 0) is 10.0 Å². The molecule has 1 amide bonds. The number of aliphatic hydroxyl groups is 1. The number of alkyl halides is 2. The Kier molecular flexibility index (Phi) is 7.39. The molecular formula is C27H31F2N5O4S. The Morgan fingerprint density at radius 3 is 2.36 bits per heavy atom. The number of aliphatic hydroxyl groups excluding tert-OH is 1. The van der Waals surface area contributed by atoms with E-state index in [0.29, 0.717) is 28.3 Å². The molecule has 1 aromatic heterocycles. The predicted molar refractivity (Wildman–Crippen MR) is 146 cm³/mol. The molecule has 2 aromatic rings. The average Bonchev–Trinajstić information content (AvgIpc) is 3.66. The highest BCUT2D eigenvalue weighted by atomic mass is 32.2. The summed E-state index contributed by atoms with van der Waals surface area (Å²) in [6.45, 7) is 1.26. The molecule has 1 aliphatic carbocycles. The number of anilines is 4. The first-order valence-corrected chi connectivity index (χ1v) is 14.5. The van der Waals surface area contributed by atoms with Gasteiger partial charge < -0.3 is 20.2 Å². The lowest BCUT2D eigenvalue weighted by atomic mass is 9.93. The van der Waals surface area contributed by atoms with E-state index in [9.17, 15) is 22.0 Å². The summed E-state index contributed by atoms with van der Waals surface area (Å²) in [6.07, 6.45) is 3.96. The molecule has 3 heterocycles. The van der Waals surface area contributed by atoms with Gasteiger partial charge in [-0.1, -0.05) is 12.0 Å². The van der Waals surface area contributed by atoms with Gasteiger partial charge in [0.2, 0.25) is 0 Å². The molecule has 12 heteroatoms. The van der Waals surface area contributed by atoms with Gasteiger partial charge in [0, 0.05) is 39.0 Å². The van der Waals surface area contributed by atoms with Gasteiger partial charge in [-0.05, 0) is 61.4 Å². The molecule has 1 saturated carbocycles. The zero-order valence-electron chi connectivity index (χ0n) is 21.4. The highest BCUT2D eigenvalue weighted by Gasteiger charge is 2.44. The second-order valence-electron chi connectivity index (χ2n) is 10.4. The minimum absolute atomic E-state index is 0.179. The number of benzene rings is 1. The number of pyridine rings is 1. The Morgan fingerprint density at radius 1 is 1.00 bits per heavy atom. The highest BCUT2D eigenvalue weighted by Crippen LogP contribution is 2.54. The van der Waals surface area contributed by atoms with E-state index in [4.69, 9.17) is 5.11 Å². The summed E-state index contributed by atoms with van der Waals surface area (Å²) in [5.74, 6) is -0.151. The van der Waals surface area contributed by atoms with Gasteiger partial charge in [0.25, 0.3) is 11.8 Å². The van der Waals surface area contributed by atoms with Crippen molar-refractivity contribution in [2.45, 2.75) is 44.4 Å². The van der Waals surface area contributed by atoms with E-state index in [2.05, 4.69) is 25.8 Å². The van der Waals surface area contributed by atoms with Crippen LogP contribution < -0.4 is 19.8 Å². The van der Waals surface area contributed by atoms with Gasteiger partial charge in [-0.3, -0.25) is 9.52 Å². The summed E-state index contributed by atoms with van der Waals surface area (Å²) in [7, 11) is -4.01. The normalized spacial score (nSPS) is 19.7. The fourth-order valence-corrected chi connectivity index (χ4v) is 5.91. The van der Waals surface area contributed by atoms with Crippen molar-refractivity contribution in [1.29, 1.82) is 0 Å². The third kappa shape index (κ3) is 6.59. The number of nitrogens with one attached hydrogen (secondary N) is 2. The molecule has 1 spiro atoms. The largest absolute Gasteiger partial charge is 0.384 e. The molecular weight excluding hydrogens is 528 g/mol. The third-order valence-corrected chi connectivity index (χ3v) is 8.61. The van der Waals surface area contributed by atoms with E-state index in [0.717, 1.165) is 25.9 Å². The van der Waals surface area contributed by atoms with E-state index in [-0.39, 0.29) is 31.6 Å². The zero-order valence-corrected chi connectivity index (χ0v) is 22.2. The lowest BCUT2D eigenvalue weighted by molar-refractivity contribution is -0.0221. The number of hydrogen-bond donors (Lipinski definition) is 3. The van der Waals surface area contributed by atoms with Crippen LogP contribution in [0.1, 0.15) is 48.9 Å². The molecule has 2 saturated heterocycles. The molecule has 9 nitrogen and oxygen atoms in total. The monoisotopic (exact) mass is 559 g/mol. The summed E-state index contributed by atoms with van der Waals surface area (Å²) in [4.78, 5) is 21.8. The quantitative estimate of drug-likeness (QED) is 0.463. The second kappa shape index (κ2) is 10.6. The third-order valence-electron chi connectivity index (χ3n) is 7.70. The van der Waals surface area contributed by atoms with Crippen LogP contribution in [0.25, 0.3) is 0 Å². The fraction of sp³-hybridized carbons (Fsp3) is 0.481. The number of sulfonamides is 1. The number of amides is 1. The van der Waals surface area contributed by atoms with Gasteiger partial charge in [-0.25, -0.2) is 13.8 Å². The summed E-state index contributed by atoms with van der Waals surface area (Å²) in [5.41, 5.74) is 1.60. The maximum Gasteiger partial charge on any atom is 0.302 e. The molecule has 1 aromatic carbocycles. The number of carbonyl (C=O) groups is 1. The van der Waals surface area contributed by atoms with Gasteiger partial charge >= 0.3 is 10.0 Å².